The van der Waals surface area contributed by atoms with Crippen molar-refractivity contribution in [3.05, 3.63) is 28.6 Å². The quantitative estimate of drug-likeness (QED) is 0.569. The summed E-state index contributed by atoms with van der Waals surface area (Å²) >= 11 is 0. The highest BCUT2D eigenvalue weighted by Gasteiger charge is 2.06. The second kappa shape index (κ2) is 2.53. The fraction of sp³-hybridized carbons (Fsp3) is 0.333. The van der Waals surface area contributed by atoms with Crippen molar-refractivity contribution >= 4 is 5.69 Å². The Hall–Kier alpha value is -1.05. The van der Waals surface area contributed by atoms with Crippen molar-refractivity contribution in [2.24, 2.45) is 0 Å². The highest BCUT2D eigenvalue weighted by Crippen LogP contribution is 2.22. The molecule has 0 saturated carbocycles. The molecule has 1 nitrogen and oxygen atoms in total. The maximum atomic E-state index is 13.0. The van der Waals surface area contributed by atoms with Gasteiger partial charge in [-0.25, -0.2) is 4.39 Å². The van der Waals surface area contributed by atoms with Crippen molar-refractivity contribution in [2.75, 3.05) is 5.73 Å². The van der Waals surface area contributed by atoms with E-state index >= 15 is 0 Å². The van der Waals surface area contributed by atoms with Crippen LogP contribution in [0.25, 0.3) is 0 Å². The van der Waals surface area contributed by atoms with Crippen molar-refractivity contribution in [3.8, 4) is 0 Å². The lowest BCUT2D eigenvalue weighted by Gasteiger charge is -2.07. The summed E-state index contributed by atoms with van der Waals surface area (Å²) in [6.07, 6.45) is 0. The number of nitrogen functional groups attached to an aromatic ring is 1. The first-order valence-electron chi connectivity index (χ1n) is 3.56. The molecule has 0 saturated heterocycles. The van der Waals surface area contributed by atoms with Gasteiger partial charge in [0.05, 0.1) is 5.69 Å². The van der Waals surface area contributed by atoms with Gasteiger partial charge in [0.1, 0.15) is 5.82 Å². The van der Waals surface area contributed by atoms with E-state index in [2.05, 4.69) is 0 Å². The zero-order valence-electron chi connectivity index (χ0n) is 7.03. The molecular formula is C9H12FN. The lowest BCUT2D eigenvalue weighted by atomic mass is 10.0. The van der Waals surface area contributed by atoms with Gasteiger partial charge in [0.25, 0.3) is 0 Å². The molecule has 0 fully saturated rings. The van der Waals surface area contributed by atoms with Gasteiger partial charge in [-0.3, -0.25) is 0 Å². The molecule has 0 amide bonds. The molecular weight excluding hydrogens is 141 g/mol. The molecule has 0 heterocycles. The number of anilines is 1. The van der Waals surface area contributed by atoms with E-state index in [9.17, 15) is 4.39 Å². The molecule has 1 aromatic carbocycles. The van der Waals surface area contributed by atoms with Crippen LogP contribution in [0.15, 0.2) is 6.07 Å². The first-order chi connectivity index (χ1) is 5.04. The van der Waals surface area contributed by atoms with Gasteiger partial charge < -0.3 is 5.73 Å². The summed E-state index contributed by atoms with van der Waals surface area (Å²) in [6.45, 7) is 5.48. The van der Waals surface area contributed by atoms with Gasteiger partial charge in [-0.05, 0) is 37.5 Å². The highest BCUT2D eigenvalue weighted by molar-refractivity contribution is 5.53. The van der Waals surface area contributed by atoms with Crippen molar-refractivity contribution in [1.82, 2.24) is 0 Å². The lowest BCUT2D eigenvalue weighted by Crippen LogP contribution is -1.98. The molecule has 2 N–H and O–H groups in total. The normalized spacial score (nSPS) is 10.2. The summed E-state index contributed by atoms with van der Waals surface area (Å²) in [5.74, 6) is -0.284. The van der Waals surface area contributed by atoms with E-state index in [0.29, 0.717) is 5.56 Å². The molecule has 0 atom stereocenters. The largest absolute Gasteiger partial charge is 0.396 e. The first-order valence-corrected chi connectivity index (χ1v) is 3.56. The molecule has 0 unspecified atom stereocenters. The van der Waals surface area contributed by atoms with Gasteiger partial charge in [0.2, 0.25) is 0 Å². The number of halogens is 1. The molecule has 11 heavy (non-hydrogen) atoms. The molecule has 0 aromatic heterocycles. The molecule has 2 heteroatoms. The van der Waals surface area contributed by atoms with Gasteiger partial charge in [0.15, 0.2) is 0 Å². The van der Waals surface area contributed by atoms with Crippen molar-refractivity contribution in [1.29, 1.82) is 0 Å². The summed E-state index contributed by atoms with van der Waals surface area (Å²) in [6, 6.07) is 1.81. The van der Waals surface area contributed by atoms with Crippen LogP contribution in [0, 0.1) is 26.6 Å². The van der Waals surface area contributed by atoms with Crippen molar-refractivity contribution < 1.29 is 4.39 Å². The van der Waals surface area contributed by atoms with Crippen LogP contribution in [0.3, 0.4) is 0 Å². The predicted molar refractivity (Wildman–Crippen MR) is 45.0 cm³/mol. The third kappa shape index (κ3) is 1.20. The Kier molecular flexibility index (Phi) is 1.85. The molecule has 0 aliphatic carbocycles. The van der Waals surface area contributed by atoms with Crippen LogP contribution >= 0.6 is 0 Å². The number of nitrogens with two attached hydrogens (primary N) is 1. The van der Waals surface area contributed by atoms with Crippen LogP contribution < -0.4 is 5.73 Å². The van der Waals surface area contributed by atoms with Crippen molar-refractivity contribution in [3.63, 3.8) is 0 Å². The Labute approximate surface area is 66.0 Å². The van der Waals surface area contributed by atoms with Crippen LogP contribution in [-0.4, -0.2) is 0 Å². The molecule has 0 aliphatic heterocycles. The Balaban J connectivity index is 3.46. The van der Waals surface area contributed by atoms with Crippen LogP contribution in [0.1, 0.15) is 16.7 Å². The van der Waals surface area contributed by atoms with E-state index in [4.69, 9.17) is 5.73 Å². The maximum Gasteiger partial charge on any atom is 0.149 e. The van der Waals surface area contributed by atoms with Crippen molar-refractivity contribution in [2.45, 2.75) is 20.8 Å². The molecule has 0 aliphatic rings. The monoisotopic (exact) mass is 153 g/mol. The van der Waals surface area contributed by atoms with E-state index < -0.39 is 0 Å². The zero-order chi connectivity index (χ0) is 8.59. The summed E-state index contributed by atoms with van der Waals surface area (Å²) in [5, 5.41) is 0. The number of rotatable bonds is 0. The Morgan fingerprint density at radius 3 is 2.27 bits per heavy atom. The van der Waals surface area contributed by atoms with Crippen LogP contribution in [0.4, 0.5) is 10.1 Å². The first kappa shape index (κ1) is 8.05. The van der Waals surface area contributed by atoms with Gasteiger partial charge in [-0.2, -0.15) is 0 Å². The topological polar surface area (TPSA) is 26.0 Å². The minimum Gasteiger partial charge on any atom is -0.396 e. The van der Waals surface area contributed by atoms with Crippen LogP contribution in [0.2, 0.25) is 0 Å². The molecule has 60 valence electrons. The average Bonchev–Trinajstić information content (AvgIpc) is 1.97. The second-order valence-electron chi connectivity index (χ2n) is 2.86. The molecule has 1 aromatic rings. The van der Waals surface area contributed by atoms with E-state index in [1.165, 1.54) is 0 Å². The maximum absolute atomic E-state index is 13.0. The third-order valence-electron chi connectivity index (χ3n) is 2.01. The van der Waals surface area contributed by atoms with Gasteiger partial charge in [0, 0.05) is 0 Å². The zero-order valence-corrected chi connectivity index (χ0v) is 7.03. The van der Waals surface area contributed by atoms with Crippen LogP contribution in [-0.2, 0) is 0 Å². The Morgan fingerprint density at radius 2 is 1.73 bits per heavy atom. The third-order valence-corrected chi connectivity index (χ3v) is 2.01. The smallest absolute Gasteiger partial charge is 0.149 e. The standard InChI is InChI=1S/C9H12FN/c1-5-4-6(2)8(10)9(11)7(5)3/h4H,11H2,1-3H3. The fourth-order valence-electron chi connectivity index (χ4n) is 1.09. The molecule has 0 bridgehead atoms. The Bertz CT molecular complexity index is 266. The van der Waals surface area contributed by atoms with Gasteiger partial charge in [-0.15, -0.1) is 0 Å². The van der Waals surface area contributed by atoms with E-state index in [-0.39, 0.29) is 11.5 Å². The van der Waals surface area contributed by atoms with Crippen LogP contribution in [0.5, 0.6) is 0 Å². The van der Waals surface area contributed by atoms with E-state index in [1.807, 2.05) is 13.8 Å². The van der Waals surface area contributed by atoms with Gasteiger partial charge >= 0.3 is 0 Å². The summed E-state index contributed by atoms with van der Waals surface area (Å²) in [4.78, 5) is 0. The number of aryl methyl sites for hydroxylation is 2. The summed E-state index contributed by atoms with van der Waals surface area (Å²) in [5.41, 5.74) is 8.29. The SMILES string of the molecule is Cc1cc(C)c(F)c(N)c1C. The minimum atomic E-state index is -0.284. The summed E-state index contributed by atoms with van der Waals surface area (Å²) < 4.78 is 13.0. The minimum absolute atomic E-state index is 0.280. The molecule has 0 radical (unpaired) electrons. The lowest BCUT2D eigenvalue weighted by molar-refractivity contribution is 0.621. The number of benzene rings is 1. The van der Waals surface area contributed by atoms with E-state index in [0.717, 1.165) is 11.1 Å². The number of hydrogen-bond acceptors (Lipinski definition) is 1. The molecule has 0 spiro atoms. The van der Waals surface area contributed by atoms with Gasteiger partial charge in [-0.1, -0.05) is 6.07 Å². The summed E-state index contributed by atoms with van der Waals surface area (Å²) in [7, 11) is 0. The predicted octanol–water partition coefficient (Wildman–Crippen LogP) is 2.33. The number of hydrogen-bond donors (Lipinski definition) is 1. The fourth-order valence-corrected chi connectivity index (χ4v) is 1.09. The average molecular weight is 153 g/mol. The highest BCUT2D eigenvalue weighted by atomic mass is 19.1. The molecule has 1 rings (SSSR count). The Morgan fingerprint density at radius 1 is 1.18 bits per heavy atom. The second-order valence-corrected chi connectivity index (χ2v) is 2.86. The van der Waals surface area contributed by atoms with E-state index in [1.54, 1.807) is 13.0 Å².